The maximum atomic E-state index is 6.27. The highest BCUT2D eigenvalue weighted by atomic mass is 16.7. The molecule has 5 rings (SSSR count). The van der Waals surface area contributed by atoms with Crippen LogP contribution in [0, 0.1) is 5.92 Å². The van der Waals surface area contributed by atoms with Crippen molar-refractivity contribution in [2.24, 2.45) is 5.92 Å². The standard InChI is InChI=1S/C24H27N3O3/c1-2-5-17(6-3-1)15-28-24-20(14-26-13-18-7-4-8-25-12-18)9-19-10-22-23(30-16-29-22)11-21(19)27-24/h4,7-12,17,26H,1-3,5-6,13-16H2. The summed E-state index contributed by atoms with van der Waals surface area (Å²) in [6.45, 7) is 2.41. The van der Waals surface area contributed by atoms with Crippen molar-refractivity contribution in [3.8, 4) is 17.4 Å². The fourth-order valence-corrected chi connectivity index (χ4v) is 4.24. The van der Waals surface area contributed by atoms with Crippen molar-refractivity contribution in [2.75, 3.05) is 13.4 Å². The zero-order valence-corrected chi connectivity index (χ0v) is 17.1. The molecule has 156 valence electrons. The minimum absolute atomic E-state index is 0.260. The molecule has 1 saturated carbocycles. The predicted molar refractivity (Wildman–Crippen MR) is 115 cm³/mol. The van der Waals surface area contributed by atoms with E-state index in [2.05, 4.69) is 22.4 Å². The molecule has 1 aliphatic carbocycles. The molecular weight excluding hydrogens is 378 g/mol. The minimum atomic E-state index is 0.260. The van der Waals surface area contributed by atoms with Gasteiger partial charge in [-0.3, -0.25) is 4.98 Å². The van der Waals surface area contributed by atoms with Gasteiger partial charge in [0.05, 0.1) is 12.1 Å². The molecule has 6 nitrogen and oxygen atoms in total. The van der Waals surface area contributed by atoms with Gasteiger partial charge in [-0.1, -0.05) is 25.3 Å². The van der Waals surface area contributed by atoms with E-state index in [0.717, 1.165) is 46.7 Å². The molecule has 0 unspecified atom stereocenters. The maximum Gasteiger partial charge on any atom is 0.231 e. The molecule has 1 N–H and O–H groups in total. The van der Waals surface area contributed by atoms with E-state index in [9.17, 15) is 0 Å². The zero-order chi connectivity index (χ0) is 20.2. The van der Waals surface area contributed by atoms with Crippen LogP contribution in [0.25, 0.3) is 10.9 Å². The number of hydrogen-bond donors (Lipinski definition) is 1. The second-order valence-corrected chi connectivity index (χ2v) is 8.13. The molecule has 1 aromatic carbocycles. The SMILES string of the molecule is c1cncc(CNCc2cc3cc4c(cc3nc2OCC2CCCCC2)OCO4)c1. The average Bonchev–Trinajstić information content (AvgIpc) is 3.25. The van der Waals surface area contributed by atoms with Crippen LogP contribution in [0.2, 0.25) is 0 Å². The molecule has 0 spiro atoms. The van der Waals surface area contributed by atoms with Gasteiger partial charge in [0.2, 0.25) is 12.7 Å². The Morgan fingerprint density at radius 3 is 2.73 bits per heavy atom. The molecule has 6 heteroatoms. The molecule has 0 atom stereocenters. The number of hydrogen-bond acceptors (Lipinski definition) is 6. The number of aromatic nitrogens is 2. The molecular formula is C24H27N3O3. The van der Waals surface area contributed by atoms with Gasteiger partial charge >= 0.3 is 0 Å². The third kappa shape index (κ3) is 4.33. The summed E-state index contributed by atoms with van der Waals surface area (Å²) in [4.78, 5) is 9.03. The van der Waals surface area contributed by atoms with Crippen LogP contribution in [0.3, 0.4) is 0 Å². The van der Waals surface area contributed by atoms with E-state index in [1.807, 2.05) is 24.4 Å². The summed E-state index contributed by atoms with van der Waals surface area (Å²) in [5.74, 6) is 2.86. The van der Waals surface area contributed by atoms with Crippen molar-refractivity contribution in [2.45, 2.75) is 45.2 Å². The number of benzene rings is 1. The summed E-state index contributed by atoms with van der Waals surface area (Å²) in [5, 5.41) is 4.53. The summed E-state index contributed by atoms with van der Waals surface area (Å²) in [5.41, 5.74) is 3.08. The Hall–Kier alpha value is -2.86. The van der Waals surface area contributed by atoms with Crippen LogP contribution in [-0.2, 0) is 13.1 Å². The second-order valence-electron chi connectivity index (χ2n) is 8.13. The number of fused-ring (bicyclic) bond motifs is 2. The molecule has 3 aromatic rings. The monoisotopic (exact) mass is 405 g/mol. The first-order valence-electron chi connectivity index (χ1n) is 10.8. The van der Waals surface area contributed by atoms with Gasteiger partial charge in [-0.2, -0.15) is 0 Å². The van der Waals surface area contributed by atoms with Crippen LogP contribution in [0.5, 0.6) is 17.4 Å². The molecule has 2 aliphatic rings. The Morgan fingerprint density at radius 2 is 1.90 bits per heavy atom. The van der Waals surface area contributed by atoms with Crippen LogP contribution in [0.4, 0.5) is 0 Å². The van der Waals surface area contributed by atoms with Crippen molar-refractivity contribution >= 4 is 10.9 Å². The Bertz CT molecular complexity index is 1000. The van der Waals surface area contributed by atoms with Crippen LogP contribution in [0.15, 0.2) is 42.7 Å². The van der Waals surface area contributed by atoms with E-state index in [-0.39, 0.29) is 6.79 Å². The average molecular weight is 405 g/mol. The molecule has 0 bridgehead atoms. The maximum absolute atomic E-state index is 6.27. The largest absolute Gasteiger partial charge is 0.477 e. The summed E-state index contributed by atoms with van der Waals surface area (Å²) >= 11 is 0. The van der Waals surface area contributed by atoms with E-state index in [1.165, 1.54) is 32.1 Å². The predicted octanol–water partition coefficient (Wildman–Crippen LogP) is 4.61. The lowest BCUT2D eigenvalue weighted by atomic mass is 9.90. The van der Waals surface area contributed by atoms with Gasteiger partial charge in [0.15, 0.2) is 11.5 Å². The van der Waals surface area contributed by atoms with Crippen molar-refractivity contribution in [1.29, 1.82) is 0 Å². The third-order valence-electron chi connectivity index (χ3n) is 5.90. The summed E-state index contributed by atoms with van der Waals surface area (Å²) < 4.78 is 17.3. The summed E-state index contributed by atoms with van der Waals surface area (Å²) in [7, 11) is 0. The Labute approximate surface area is 176 Å². The highest BCUT2D eigenvalue weighted by Crippen LogP contribution is 2.37. The Morgan fingerprint density at radius 1 is 1.03 bits per heavy atom. The van der Waals surface area contributed by atoms with Gasteiger partial charge in [0.25, 0.3) is 0 Å². The van der Waals surface area contributed by atoms with Gasteiger partial charge in [-0.05, 0) is 42.5 Å². The normalized spacial score (nSPS) is 16.1. The fourth-order valence-electron chi connectivity index (χ4n) is 4.24. The molecule has 0 amide bonds. The molecule has 1 aliphatic heterocycles. The molecule has 1 fully saturated rings. The molecule has 0 saturated heterocycles. The second kappa shape index (κ2) is 8.88. The van der Waals surface area contributed by atoms with Gasteiger partial charge in [-0.15, -0.1) is 0 Å². The fraction of sp³-hybridized carbons (Fsp3) is 0.417. The molecule has 30 heavy (non-hydrogen) atoms. The minimum Gasteiger partial charge on any atom is -0.477 e. The molecule has 0 radical (unpaired) electrons. The molecule has 3 heterocycles. The first kappa shape index (κ1) is 19.1. The number of rotatable bonds is 7. The highest BCUT2D eigenvalue weighted by Gasteiger charge is 2.19. The topological polar surface area (TPSA) is 65.5 Å². The summed E-state index contributed by atoms with van der Waals surface area (Å²) in [6, 6.07) is 10.1. The van der Waals surface area contributed by atoms with E-state index in [0.29, 0.717) is 18.3 Å². The smallest absolute Gasteiger partial charge is 0.231 e. The first-order chi connectivity index (χ1) is 14.8. The highest BCUT2D eigenvalue weighted by molar-refractivity contribution is 5.84. The lowest BCUT2D eigenvalue weighted by molar-refractivity contribution is 0.174. The van der Waals surface area contributed by atoms with Crippen LogP contribution < -0.4 is 19.5 Å². The Kier molecular flexibility index (Phi) is 5.66. The van der Waals surface area contributed by atoms with Gasteiger partial charge < -0.3 is 19.5 Å². The van der Waals surface area contributed by atoms with Crippen LogP contribution in [-0.4, -0.2) is 23.4 Å². The number of nitrogens with zero attached hydrogens (tertiary/aromatic N) is 2. The van der Waals surface area contributed by atoms with Crippen molar-refractivity contribution < 1.29 is 14.2 Å². The summed E-state index contributed by atoms with van der Waals surface area (Å²) in [6.07, 6.45) is 10.1. The first-order valence-corrected chi connectivity index (χ1v) is 10.8. The zero-order valence-electron chi connectivity index (χ0n) is 17.1. The number of ether oxygens (including phenoxy) is 3. The Balaban J connectivity index is 1.37. The lowest BCUT2D eigenvalue weighted by Crippen LogP contribution is -2.18. The lowest BCUT2D eigenvalue weighted by Gasteiger charge is -2.22. The quantitative estimate of drug-likeness (QED) is 0.619. The molecule has 2 aromatic heterocycles. The van der Waals surface area contributed by atoms with Crippen molar-refractivity contribution in [3.63, 3.8) is 0 Å². The van der Waals surface area contributed by atoms with Gasteiger partial charge in [0.1, 0.15) is 0 Å². The van der Waals surface area contributed by atoms with E-state index < -0.39 is 0 Å². The number of nitrogens with one attached hydrogen (secondary N) is 1. The van der Waals surface area contributed by atoms with Crippen LogP contribution >= 0.6 is 0 Å². The van der Waals surface area contributed by atoms with E-state index >= 15 is 0 Å². The van der Waals surface area contributed by atoms with Crippen molar-refractivity contribution in [1.82, 2.24) is 15.3 Å². The van der Waals surface area contributed by atoms with Gasteiger partial charge in [-0.25, -0.2) is 4.98 Å². The van der Waals surface area contributed by atoms with Gasteiger partial charge in [0, 0.05) is 42.5 Å². The van der Waals surface area contributed by atoms with Crippen LogP contribution in [0.1, 0.15) is 43.2 Å². The van der Waals surface area contributed by atoms with E-state index in [4.69, 9.17) is 19.2 Å². The number of pyridine rings is 2. The van der Waals surface area contributed by atoms with Crippen molar-refractivity contribution in [3.05, 3.63) is 53.9 Å². The van der Waals surface area contributed by atoms with E-state index in [1.54, 1.807) is 6.20 Å². The third-order valence-corrected chi connectivity index (χ3v) is 5.90.